The van der Waals surface area contributed by atoms with Gasteiger partial charge in [-0.05, 0) is 40.2 Å². The Hall–Kier alpha value is -1.55. The van der Waals surface area contributed by atoms with Gasteiger partial charge < -0.3 is 10.1 Å². The highest BCUT2D eigenvalue weighted by Gasteiger charge is 2.13. The number of carbonyl (C=O) groups excluding carboxylic acids is 1. The summed E-state index contributed by atoms with van der Waals surface area (Å²) in [4.78, 5) is 14.7. The number of aromatic nitrogens is 1. The van der Waals surface area contributed by atoms with Gasteiger partial charge in [-0.3, -0.25) is 4.79 Å². The predicted molar refractivity (Wildman–Crippen MR) is 60.0 cm³/mol. The summed E-state index contributed by atoms with van der Waals surface area (Å²) in [5.74, 6) is -0.230. The van der Waals surface area contributed by atoms with Crippen molar-refractivity contribution in [2.75, 3.05) is 0 Å². The van der Waals surface area contributed by atoms with E-state index < -0.39 is 0 Å². The number of aromatic hydroxyl groups is 1. The summed E-state index contributed by atoms with van der Waals surface area (Å²) in [6.45, 7) is 0. The first-order valence-electron chi connectivity index (χ1n) is 4.35. The minimum absolute atomic E-state index is 0.00628. The number of nitrogens with one attached hydrogen (secondary N) is 1. The molecule has 0 bridgehead atoms. The third kappa shape index (κ3) is 1.94. The van der Waals surface area contributed by atoms with Crippen LogP contribution in [0.2, 0.25) is 0 Å². The number of hydrogen-bond donors (Lipinski definition) is 2. The highest BCUT2D eigenvalue weighted by Crippen LogP contribution is 2.20. The standard InChI is InChI=1S/C11H8BrNO2/c12-10-6-5-8(13-10)11(15)7-3-1-2-4-9(7)14/h1-6,13-14H. The zero-order valence-corrected chi connectivity index (χ0v) is 9.28. The average molecular weight is 266 g/mol. The summed E-state index contributed by atoms with van der Waals surface area (Å²) in [6.07, 6.45) is 0. The lowest BCUT2D eigenvalue weighted by Crippen LogP contribution is -2.01. The van der Waals surface area contributed by atoms with Crippen molar-refractivity contribution < 1.29 is 9.90 Å². The van der Waals surface area contributed by atoms with Crippen LogP contribution in [0.4, 0.5) is 0 Å². The number of aromatic amines is 1. The van der Waals surface area contributed by atoms with E-state index in [1.165, 1.54) is 6.07 Å². The van der Waals surface area contributed by atoms with E-state index in [0.717, 1.165) is 4.60 Å². The topological polar surface area (TPSA) is 53.1 Å². The fraction of sp³-hybridized carbons (Fsp3) is 0. The molecule has 2 rings (SSSR count). The lowest BCUT2D eigenvalue weighted by Gasteiger charge is -2.00. The number of H-pyrrole nitrogens is 1. The summed E-state index contributed by atoms with van der Waals surface area (Å²) in [5, 5.41) is 9.50. The number of para-hydroxylation sites is 1. The third-order valence-corrected chi connectivity index (χ3v) is 2.51. The van der Waals surface area contributed by atoms with Crippen molar-refractivity contribution in [2.45, 2.75) is 0 Å². The molecular formula is C11H8BrNO2. The molecule has 4 heteroatoms. The Labute approximate surface area is 94.9 Å². The first kappa shape index (κ1) is 9.98. The molecule has 0 unspecified atom stereocenters. The Kier molecular flexibility index (Phi) is 2.60. The van der Waals surface area contributed by atoms with E-state index in [1.54, 1.807) is 30.3 Å². The number of hydrogen-bond acceptors (Lipinski definition) is 2. The smallest absolute Gasteiger partial charge is 0.212 e. The van der Waals surface area contributed by atoms with Crippen LogP contribution in [0.5, 0.6) is 5.75 Å². The molecule has 2 N–H and O–H groups in total. The van der Waals surface area contributed by atoms with E-state index in [4.69, 9.17) is 0 Å². The van der Waals surface area contributed by atoms with Crippen LogP contribution in [0.3, 0.4) is 0 Å². The van der Waals surface area contributed by atoms with E-state index in [2.05, 4.69) is 20.9 Å². The molecule has 1 heterocycles. The Morgan fingerprint density at radius 2 is 1.93 bits per heavy atom. The molecule has 0 aliphatic heterocycles. The lowest BCUT2D eigenvalue weighted by atomic mass is 10.1. The molecule has 76 valence electrons. The SMILES string of the molecule is O=C(c1ccc(Br)[nH]1)c1ccccc1O. The van der Waals surface area contributed by atoms with Crippen molar-refractivity contribution in [3.63, 3.8) is 0 Å². The van der Waals surface area contributed by atoms with Gasteiger partial charge in [0.15, 0.2) is 0 Å². The van der Waals surface area contributed by atoms with E-state index in [1.807, 2.05) is 0 Å². The Morgan fingerprint density at radius 1 is 1.20 bits per heavy atom. The molecule has 0 aliphatic rings. The van der Waals surface area contributed by atoms with Crippen LogP contribution in [0.1, 0.15) is 16.1 Å². The van der Waals surface area contributed by atoms with Crippen molar-refractivity contribution in [1.29, 1.82) is 0 Å². The van der Waals surface area contributed by atoms with Gasteiger partial charge in [-0.1, -0.05) is 12.1 Å². The molecule has 0 radical (unpaired) electrons. The van der Waals surface area contributed by atoms with Crippen molar-refractivity contribution in [3.05, 3.63) is 52.3 Å². The summed E-state index contributed by atoms with van der Waals surface area (Å²) in [5.41, 5.74) is 0.746. The van der Waals surface area contributed by atoms with Crippen LogP contribution in [0.15, 0.2) is 41.0 Å². The quantitative estimate of drug-likeness (QED) is 0.821. The zero-order valence-electron chi connectivity index (χ0n) is 7.70. The molecule has 0 saturated carbocycles. The number of phenols is 1. The summed E-state index contributed by atoms with van der Waals surface area (Å²) >= 11 is 3.22. The summed E-state index contributed by atoms with van der Waals surface area (Å²) < 4.78 is 0.737. The second-order valence-electron chi connectivity index (χ2n) is 3.07. The monoisotopic (exact) mass is 265 g/mol. The molecule has 1 aromatic heterocycles. The van der Waals surface area contributed by atoms with Crippen molar-refractivity contribution in [3.8, 4) is 5.75 Å². The third-order valence-electron chi connectivity index (χ3n) is 2.04. The van der Waals surface area contributed by atoms with E-state index in [0.29, 0.717) is 11.3 Å². The van der Waals surface area contributed by atoms with Gasteiger partial charge in [0.25, 0.3) is 0 Å². The van der Waals surface area contributed by atoms with Crippen LogP contribution in [0, 0.1) is 0 Å². The van der Waals surface area contributed by atoms with Crippen LogP contribution < -0.4 is 0 Å². The normalized spacial score (nSPS) is 10.2. The maximum Gasteiger partial charge on any atom is 0.212 e. The van der Waals surface area contributed by atoms with E-state index in [9.17, 15) is 9.90 Å². The van der Waals surface area contributed by atoms with Crippen LogP contribution in [0.25, 0.3) is 0 Å². The molecule has 0 amide bonds. The van der Waals surface area contributed by atoms with E-state index >= 15 is 0 Å². The first-order chi connectivity index (χ1) is 7.18. The molecule has 2 aromatic rings. The number of ketones is 1. The Morgan fingerprint density at radius 3 is 2.53 bits per heavy atom. The van der Waals surface area contributed by atoms with Crippen LogP contribution in [-0.2, 0) is 0 Å². The van der Waals surface area contributed by atoms with Crippen molar-refractivity contribution in [1.82, 2.24) is 4.98 Å². The van der Waals surface area contributed by atoms with Crippen LogP contribution in [-0.4, -0.2) is 15.9 Å². The van der Waals surface area contributed by atoms with Gasteiger partial charge in [-0.2, -0.15) is 0 Å². The minimum Gasteiger partial charge on any atom is -0.507 e. The first-order valence-corrected chi connectivity index (χ1v) is 5.15. The minimum atomic E-state index is -0.223. The van der Waals surface area contributed by atoms with Crippen LogP contribution >= 0.6 is 15.9 Å². The van der Waals surface area contributed by atoms with Gasteiger partial charge in [0, 0.05) is 0 Å². The van der Waals surface area contributed by atoms with E-state index in [-0.39, 0.29) is 11.5 Å². The molecule has 0 aliphatic carbocycles. The Bertz CT molecular complexity index is 505. The maximum absolute atomic E-state index is 11.9. The molecule has 0 atom stereocenters. The summed E-state index contributed by atoms with van der Waals surface area (Å²) in [7, 11) is 0. The molecule has 0 fully saturated rings. The van der Waals surface area contributed by atoms with Gasteiger partial charge >= 0.3 is 0 Å². The van der Waals surface area contributed by atoms with Gasteiger partial charge in [-0.15, -0.1) is 0 Å². The highest BCUT2D eigenvalue weighted by atomic mass is 79.9. The largest absolute Gasteiger partial charge is 0.507 e. The number of rotatable bonds is 2. The number of benzene rings is 1. The number of halogens is 1. The van der Waals surface area contributed by atoms with Gasteiger partial charge in [0.05, 0.1) is 15.9 Å². The predicted octanol–water partition coefficient (Wildman–Crippen LogP) is 2.71. The highest BCUT2D eigenvalue weighted by molar-refractivity contribution is 9.10. The number of phenolic OH excluding ortho intramolecular Hbond substituents is 1. The van der Waals surface area contributed by atoms with Gasteiger partial charge in [0.1, 0.15) is 5.75 Å². The second-order valence-corrected chi connectivity index (χ2v) is 3.92. The van der Waals surface area contributed by atoms with Crippen molar-refractivity contribution in [2.24, 2.45) is 0 Å². The van der Waals surface area contributed by atoms with Crippen molar-refractivity contribution >= 4 is 21.7 Å². The molecule has 0 saturated heterocycles. The maximum atomic E-state index is 11.9. The lowest BCUT2D eigenvalue weighted by molar-refractivity contribution is 0.103. The molecule has 0 spiro atoms. The molecular weight excluding hydrogens is 258 g/mol. The summed E-state index contributed by atoms with van der Waals surface area (Å²) in [6, 6.07) is 9.88. The zero-order chi connectivity index (χ0) is 10.8. The molecule has 15 heavy (non-hydrogen) atoms. The average Bonchev–Trinajstić information content (AvgIpc) is 2.65. The fourth-order valence-electron chi connectivity index (χ4n) is 1.31. The Balaban J connectivity index is 2.41. The fourth-order valence-corrected chi connectivity index (χ4v) is 1.66. The second kappa shape index (κ2) is 3.90. The molecule has 1 aromatic carbocycles. The van der Waals surface area contributed by atoms with Gasteiger partial charge in [0.2, 0.25) is 5.78 Å². The molecule has 3 nitrogen and oxygen atoms in total. The van der Waals surface area contributed by atoms with Gasteiger partial charge in [-0.25, -0.2) is 0 Å². The number of carbonyl (C=O) groups is 1.